The normalized spacial score (nSPS) is 10.6. The van der Waals surface area contributed by atoms with Crippen molar-refractivity contribution >= 4 is 0 Å². The molecule has 0 saturated carbocycles. The van der Waals surface area contributed by atoms with Crippen LogP contribution in [0.1, 0.15) is 16.7 Å². The van der Waals surface area contributed by atoms with Crippen LogP contribution in [-0.2, 0) is 34.0 Å². The van der Waals surface area contributed by atoms with E-state index in [0.717, 1.165) is 5.56 Å². The van der Waals surface area contributed by atoms with Gasteiger partial charge >= 0.3 is 0 Å². The van der Waals surface area contributed by atoms with Crippen LogP contribution in [0.25, 0.3) is 0 Å². The van der Waals surface area contributed by atoms with E-state index >= 15 is 0 Å². The maximum atomic E-state index is 12.0. The van der Waals surface area contributed by atoms with Gasteiger partial charge in [-0.2, -0.15) is 0 Å². The number of hydrogen-bond donors (Lipinski definition) is 1. The second-order valence-corrected chi connectivity index (χ2v) is 3.89. The zero-order chi connectivity index (χ0) is 13.5. The molecule has 0 bridgehead atoms. The van der Waals surface area contributed by atoms with E-state index in [1.54, 1.807) is 19.2 Å². The Hall–Kier alpha value is -1.43. The maximum absolute atomic E-state index is 12.0. The number of aromatic hydroxyl groups is 1. The van der Waals surface area contributed by atoms with Gasteiger partial charge in [-0.3, -0.25) is 4.79 Å². The Balaban J connectivity index is 3.40. The van der Waals surface area contributed by atoms with Gasteiger partial charge in [-0.15, -0.1) is 0 Å². The van der Waals surface area contributed by atoms with E-state index in [2.05, 4.69) is 0 Å². The first-order valence-electron chi connectivity index (χ1n) is 5.48. The Kier molecular flexibility index (Phi) is 5.77. The van der Waals surface area contributed by atoms with Crippen LogP contribution < -0.4 is 5.43 Å². The molecule has 18 heavy (non-hydrogen) atoms. The van der Waals surface area contributed by atoms with Crippen molar-refractivity contribution in [3.8, 4) is 5.75 Å². The molecule has 1 aromatic rings. The van der Waals surface area contributed by atoms with E-state index in [-0.39, 0.29) is 19.0 Å². The fourth-order valence-electron chi connectivity index (χ4n) is 1.70. The molecule has 0 spiro atoms. The minimum absolute atomic E-state index is 0.143. The molecule has 0 unspecified atom stereocenters. The summed E-state index contributed by atoms with van der Waals surface area (Å²) >= 11 is 0. The van der Waals surface area contributed by atoms with Crippen LogP contribution in [0.5, 0.6) is 5.75 Å². The third-order valence-corrected chi connectivity index (χ3v) is 2.44. The van der Waals surface area contributed by atoms with Crippen molar-refractivity contribution in [2.45, 2.75) is 19.8 Å². The first-order chi connectivity index (χ1) is 8.63. The SMILES string of the molecule is COCc1cc(COC)c(O)c(=O)c(COC)c1. The third kappa shape index (κ3) is 3.53. The molecule has 0 heterocycles. The second-order valence-electron chi connectivity index (χ2n) is 3.89. The van der Waals surface area contributed by atoms with E-state index < -0.39 is 5.43 Å². The van der Waals surface area contributed by atoms with Crippen molar-refractivity contribution in [1.29, 1.82) is 0 Å². The van der Waals surface area contributed by atoms with Crippen molar-refractivity contribution in [2.24, 2.45) is 0 Å². The molecule has 0 aliphatic rings. The van der Waals surface area contributed by atoms with Crippen LogP contribution in [0.3, 0.4) is 0 Å². The van der Waals surface area contributed by atoms with Gasteiger partial charge in [0, 0.05) is 32.5 Å². The van der Waals surface area contributed by atoms with E-state index in [9.17, 15) is 9.90 Å². The van der Waals surface area contributed by atoms with Gasteiger partial charge < -0.3 is 19.3 Å². The molecule has 5 heteroatoms. The predicted octanol–water partition coefficient (Wildman–Crippen LogP) is 1.19. The van der Waals surface area contributed by atoms with Crippen LogP contribution in [0.2, 0.25) is 0 Å². The standard InChI is InChI=1S/C13H18O5/c1-16-6-9-4-10(7-17-2)12(14)13(15)11(5-9)8-18-3/h4-5H,6-8H2,1-3H3,(H,14,15). The number of rotatable bonds is 6. The Morgan fingerprint density at radius 2 is 1.44 bits per heavy atom. The lowest BCUT2D eigenvalue weighted by Crippen LogP contribution is -2.07. The summed E-state index contributed by atoms with van der Waals surface area (Å²) in [4.78, 5) is 12.0. The lowest BCUT2D eigenvalue weighted by molar-refractivity contribution is 0.178. The molecule has 0 fully saturated rings. The molecule has 0 saturated heterocycles. The van der Waals surface area contributed by atoms with Crippen molar-refractivity contribution in [3.63, 3.8) is 0 Å². The van der Waals surface area contributed by atoms with Crippen molar-refractivity contribution < 1.29 is 19.3 Å². The predicted molar refractivity (Wildman–Crippen MR) is 66.5 cm³/mol. The van der Waals surface area contributed by atoms with Crippen molar-refractivity contribution in [1.82, 2.24) is 0 Å². The fraction of sp³-hybridized carbons (Fsp3) is 0.462. The Labute approximate surface area is 106 Å². The summed E-state index contributed by atoms with van der Waals surface area (Å²) < 4.78 is 15.0. The van der Waals surface area contributed by atoms with E-state index in [1.165, 1.54) is 14.2 Å². The molecule has 100 valence electrons. The van der Waals surface area contributed by atoms with Crippen molar-refractivity contribution in [2.75, 3.05) is 21.3 Å². The highest BCUT2D eigenvalue weighted by molar-refractivity contribution is 5.37. The second kappa shape index (κ2) is 7.10. The summed E-state index contributed by atoms with van der Waals surface area (Å²) in [5.41, 5.74) is 1.18. The molecule has 0 aliphatic carbocycles. The fourth-order valence-corrected chi connectivity index (χ4v) is 1.70. The molecular formula is C13H18O5. The van der Waals surface area contributed by atoms with Crippen LogP contribution >= 0.6 is 0 Å². The molecule has 1 aromatic carbocycles. The van der Waals surface area contributed by atoms with Gasteiger partial charge in [-0.25, -0.2) is 0 Å². The first kappa shape index (κ1) is 14.6. The molecule has 5 nitrogen and oxygen atoms in total. The highest BCUT2D eigenvalue weighted by Crippen LogP contribution is 2.16. The molecule has 0 amide bonds. The molecule has 0 aromatic heterocycles. The van der Waals surface area contributed by atoms with Gasteiger partial charge in [0.1, 0.15) is 0 Å². The zero-order valence-corrected chi connectivity index (χ0v) is 10.9. The van der Waals surface area contributed by atoms with Gasteiger partial charge in [0.2, 0.25) is 5.43 Å². The largest absolute Gasteiger partial charge is 0.504 e. The monoisotopic (exact) mass is 254 g/mol. The molecule has 0 radical (unpaired) electrons. The molecular weight excluding hydrogens is 236 g/mol. The van der Waals surface area contributed by atoms with Gasteiger partial charge in [-0.05, 0) is 17.7 Å². The quantitative estimate of drug-likeness (QED) is 0.826. The summed E-state index contributed by atoms with van der Waals surface area (Å²) in [7, 11) is 4.56. The summed E-state index contributed by atoms with van der Waals surface area (Å²) in [6.45, 7) is 0.657. The van der Waals surface area contributed by atoms with Crippen LogP contribution in [0, 0.1) is 0 Å². The number of hydrogen-bond acceptors (Lipinski definition) is 5. The summed E-state index contributed by atoms with van der Waals surface area (Å²) in [5, 5.41) is 9.90. The molecule has 0 aliphatic heterocycles. The van der Waals surface area contributed by atoms with Crippen LogP contribution in [0.15, 0.2) is 16.9 Å². The average Bonchev–Trinajstić information content (AvgIpc) is 2.44. The van der Waals surface area contributed by atoms with Crippen LogP contribution in [0.4, 0.5) is 0 Å². The Morgan fingerprint density at radius 1 is 0.944 bits per heavy atom. The van der Waals surface area contributed by atoms with E-state index in [4.69, 9.17) is 14.2 Å². The van der Waals surface area contributed by atoms with Crippen molar-refractivity contribution in [3.05, 3.63) is 39.0 Å². The highest BCUT2D eigenvalue weighted by atomic mass is 16.5. The molecule has 1 N–H and O–H groups in total. The van der Waals surface area contributed by atoms with E-state index in [0.29, 0.717) is 17.7 Å². The maximum Gasteiger partial charge on any atom is 0.225 e. The lowest BCUT2D eigenvalue weighted by Gasteiger charge is -2.00. The minimum atomic E-state index is -0.439. The van der Waals surface area contributed by atoms with E-state index in [1.807, 2.05) is 0 Å². The zero-order valence-electron chi connectivity index (χ0n) is 10.9. The first-order valence-corrected chi connectivity index (χ1v) is 5.48. The topological polar surface area (TPSA) is 65.0 Å². The number of methoxy groups -OCH3 is 3. The van der Waals surface area contributed by atoms with Crippen LogP contribution in [-0.4, -0.2) is 26.4 Å². The molecule has 0 atom stereocenters. The molecule has 1 rings (SSSR count). The number of ether oxygens (including phenoxy) is 3. The Bertz CT molecular complexity index is 456. The van der Waals surface area contributed by atoms with Gasteiger partial charge in [0.15, 0.2) is 5.75 Å². The van der Waals surface area contributed by atoms with Gasteiger partial charge in [0.05, 0.1) is 19.8 Å². The summed E-state index contributed by atoms with van der Waals surface area (Å²) in [5.74, 6) is -0.300. The van der Waals surface area contributed by atoms with Gasteiger partial charge in [-0.1, -0.05) is 0 Å². The minimum Gasteiger partial charge on any atom is -0.504 e. The van der Waals surface area contributed by atoms with Gasteiger partial charge in [0.25, 0.3) is 0 Å². The highest BCUT2D eigenvalue weighted by Gasteiger charge is 2.10. The lowest BCUT2D eigenvalue weighted by atomic mass is 10.2. The smallest absolute Gasteiger partial charge is 0.225 e. The Morgan fingerprint density at radius 3 is 2.00 bits per heavy atom. The summed E-state index contributed by atoms with van der Waals surface area (Å²) in [6.07, 6.45) is 0. The third-order valence-electron chi connectivity index (χ3n) is 2.44. The summed E-state index contributed by atoms with van der Waals surface area (Å²) in [6, 6.07) is 3.37. The average molecular weight is 254 g/mol.